The summed E-state index contributed by atoms with van der Waals surface area (Å²) in [6.07, 6.45) is 0.859. The first kappa shape index (κ1) is 13.4. The molecule has 1 aromatic heterocycles. The minimum Gasteiger partial charge on any atom is -0.307 e. The van der Waals surface area contributed by atoms with Gasteiger partial charge in [0.05, 0.1) is 5.69 Å². The number of hydrogen-bond donors (Lipinski definition) is 0. The van der Waals surface area contributed by atoms with Crippen molar-refractivity contribution in [1.29, 1.82) is 0 Å². The van der Waals surface area contributed by atoms with Crippen LogP contribution in [-0.4, -0.2) is 4.57 Å². The van der Waals surface area contributed by atoms with Gasteiger partial charge in [0.1, 0.15) is 0 Å². The van der Waals surface area contributed by atoms with Gasteiger partial charge >= 0.3 is 0 Å². The molecule has 0 amide bonds. The number of fused-ring (bicyclic) bond motifs is 3. The molecule has 2 nitrogen and oxygen atoms in total. The lowest BCUT2D eigenvalue weighted by Gasteiger charge is -2.22. The molecule has 0 bridgehead atoms. The minimum absolute atomic E-state index is 0.0642. The van der Waals surface area contributed by atoms with Crippen molar-refractivity contribution in [2.45, 2.75) is 13.0 Å². The van der Waals surface area contributed by atoms with Gasteiger partial charge in [-0.15, -0.1) is 0 Å². The summed E-state index contributed by atoms with van der Waals surface area (Å²) in [7, 11) is 0. The van der Waals surface area contributed by atoms with Crippen LogP contribution in [0.25, 0.3) is 22.4 Å². The average Bonchev–Trinajstić information content (AvgIpc) is 2.56. The Morgan fingerprint density at radius 3 is 2.55 bits per heavy atom. The maximum absolute atomic E-state index is 12.8. The van der Waals surface area contributed by atoms with E-state index >= 15 is 0 Å². The molecule has 3 heteroatoms. The highest BCUT2D eigenvalue weighted by Crippen LogP contribution is 2.31. The molecule has 3 aromatic rings. The molecule has 0 atom stereocenters. The van der Waals surface area contributed by atoms with E-state index in [4.69, 9.17) is 11.6 Å². The zero-order chi connectivity index (χ0) is 15.1. The van der Waals surface area contributed by atoms with Crippen LogP contribution >= 0.6 is 11.6 Å². The fourth-order valence-corrected chi connectivity index (χ4v) is 3.28. The van der Waals surface area contributed by atoms with Crippen molar-refractivity contribution in [1.82, 2.24) is 4.57 Å². The molecule has 2 aromatic carbocycles. The molecule has 4 rings (SSSR count). The lowest BCUT2D eigenvalue weighted by molar-refractivity contribution is 0.660. The van der Waals surface area contributed by atoms with Crippen molar-refractivity contribution in [3.63, 3.8) is 0 Å². The molecule has 22 heavy (non-hydrogen) atoms. The summed E-state index contributed by atoms with van der Waals surface area (Å²) >= 11 is 6.12. The van der Waals surface area contributed by atoms with Crippen molar-refractivity contribution in [2.24, 2.45) is 0 Å². The van der Waals surface area contributed by atoms with Gasteiger partial charge in [-0.2, -0.15) is 0 Å². The Bertz CT molecular complexity index is 912. The van der Waals surface area contributed by atoms with Crippen molar-refractivity contribution >= 4 is 11.6 Å². The molecular formula is C19H14ClNO. The zero-order valence-corrected chi connectivity index (χ0v) is 12.7. The molecule has 2 heterocycles. The van der Waals surface area contributed by atoms with Gasteiger partial charge in [0.25, 0.3) is 5.56 Å². The van der Waals surface area contributed by atoms with E-state index in [0.717, 1.165) is 28.8 Å². The highest BCUT2D eigenvalue weighted by Gasteiger charge is 2.18. The maximum atomic E-state index is 12.8. The number of rotatable bonds is 1. The van der Waals surface area contributed by atoms with Gasteiger partial charge in [0.2, 0.25) is 0 Å². The van der Waals surface area contributed by atoms with Crippen LogP contribution in [0.3, 0.4) is 0 Å². The lowest BCUT2D eigenvalue weighted by Crippen LogP contribution is -2.27. The Morgan fingerprint density at radius 1 is 0.909 bits per heavy atom. The van der Waals surface area contributed by atoms with Crippen LogP contribution in [0, 0.1) is 0 Å². The number of aromatic nitrogens is 1. The second kappa shape index (κ2) is 5.15. The molecule has 0 aliphatic carbocycles. The Labute approximate surface area is 133 Å². The zero-order valence-electron chi connectivity index (χ0n) is 11.9. The SMILES string of the molecule is O=c1c(-c2ccccc2)ccc2n1CCc1ccc(Cl)cc1-2. The lowest BCUT2D eigenvalue weighted by atomic mass is 9.96. The largest absolute Gasteiger partial charge is 0.307 e. The molecule has 0 spiro atoms. The molecule has 0 unspecified atom stereocenters. The van der Waals surface area contributed by atoms with Crippen LogP contribution in [0.2, 0.25) is 5.02 Å². The first-order valence-electron chi connectivity index (χ1n) is 7.32. The van der Waals surface area contributed by atoms with Gasteiger partial charge in [0, 0.05) is 22.7 Å². The Hall–Kier alpha value is -2.32. The monoisotopic (exact) mass is 307 g/mol. The summed E-state index contributed by atoms with van der Waals surface area (Å²) in [6.45, 7) is 0.712. The fraction of sp³-hybridized carbons (Fsp3) is 0.105. The molecule has 0 N–H and O–H groups in total. The highest BCUT2D eigenvalue weighted by atomic mass is 35.5. The molecule has 0 radical (unpaired) electrons. The van der Waals surface area contributed by atoms with E-state index in [2.05, 4.69) is 6.07 Å². The average molecular weight is 308 g/mol. The number of nitrogens with zero attached hydrogens (tertiary/aromatic N) is 1. The Morgan fingerprint density at radius 2 is 1.73 bits per heavy atom. The van der Waals surface area contributed by atoms with E-state index in [0.29, 0.717) is 11.6 Å². The van der Waals surface area contributed by atoms with Crippen LogP contribution in [0.15, 0.2) is 65.5 Å². The molecule has 108 valence electrons. The predicted octanol–water partition coefficient (Wildman–Crippen LogP) is 4.39. The van der Waals surface area contributed by atoms with E-state index in [1.807, 2.05) is 59.2 Å². The summed E-state index contributed by atoms with van der Waals surface area (Å²) in [5, 5.41) is 0.701. The normalized spacial score (nSPS) is 12.6. The summed E-state index contributed by atoms with van der Waals surface area (Å²) in [6, 6.07) is 19.7. The number of hydrogen-bond acceptors (Lipinski definition) is 1. The summed E-state index contributed by atoms with van der Waals surface area (Å²) in [5.41, 5.74) is 5.03. The molecule has 0 saturated heterocycles. The smallest absolute Gasteiger partial charge is 0.258 e. The van der Waals surface area contributed by atoms with Gasteiger partial charge in [-0.05, 0) is 41.8 Å². The van der Waals surface area contributed by atoms with E-state index in [9.17, 15) is 4.79 Å². The molecule has 1 aliphatic heterocycles. The third-order valence-electron chi connectivity index (χ3n) is 4.21. The van der Waals surface area contributed by atoms with Gasteiger partial charge in [-0.25, -0.2) is 0 Å². The van der Waals surface area contributed by atoms with Gasteiger partial charge in [0.15, 0.2) is 0 Å². The molecule has 1 aliphatic rings. The predicted molar refractivity (Wildman–Crippen MR) is 90.3 cm³/mol. The van der Waals surface area contributed by atoms with Gasteiger partial charge in [-0.1, -0.05) is 48.0 Å². The second-order valence-electron chi connectivity index (χ2n) is 5.51. The molecule has 0 saturated carbocycles. The van der Waals surface area contributed by atoms with Crippen molar-refractivity contribution < 1.29 is 0 Å². The highest BCUT2D eigenvalue weighted by molar-refractivity contribution is 6.30. The molecular weight excluding hydrogens is 294 g/mol. The first-order chi connectivity index (χ1) is 10.7. The molecule has 0 fully saturated rings. The van der Waals surface area contributed by atoms with Crippen LogP contribution in [-0.2, 0) is 13.0 Å². The second-order valence-corrected chi connectivity index (χ2v) is 5.94. The number of aryl methyl sites for hydroxylation is 1. The van der Waals surface area contributed by atoms with E-state index in [-0.39, 0.29) is 5.56 Å². The maximum Gasteiger partial charge on any atom is 0.258 e. The van der Waals surface area contributed by atoms with Crippen LogP contribution in [0.5, 0.6) is 0 Å². The first-order valence-corrected chi connectivity index (χ1v) is 7.70. The third-order valence-corrected chi connectivity index (χ3v) is 4.45. The van der Waals surface area contributed by atoms with Gasteiger partial charge in [-0.3, -0.25) is 4.79 Å². The number of halogens is 1. The topological polar surface area (TPSA) is 22.0 Å². The standard InChI is InChI=1S/C19H14ClNO/c20-15-7-6-14-10-11-21-18(17(14)12-15)9-8-16(19(21)22)13-4-2-1-3-5-13/h1-9,12H,10-11H2. The van der Waals surface area contributed by atoms with E-state index in [1.165, 1.54) is 5.56 Å². The van der Waals surface area contributed by atoms with Crippen molar-refractivity contribution in [3.8, 4) is 22.4 Å². The van der Waals surface area contributed by atoms with Gasteiger partial charge < -0.3 is 4.57 Å². The van der Waals surface area contributed by atoms with E-state index < -0.39 is 0 Å². The summed E-state index contributed by atoms with van der Waals surface area (Å²) < 4.78 is 1.86. The minimum atomic E-state index is 0.0642. The fourth-order valence-electron chi connectivity index (χ4n) is 3.11. The quantitative estimate of drug-likeness (QED) is 0.653. The van der Waals surface area contributed by atoms with Crippen LogP contribution in [0.4, 0.5) is 0 Å². The summed E-state index contributed by atoms with van der Waals surface area (Å²) in [5.74, 6) is 0. The Balaban J connectivity index is 1.94. The number of pyridine rings is 1. The Kier molecular flexibility index (Phi) is 3.12. The van der Waals surface area contributed by atoms with Crippen LogP contribution < -0.4 is 5.56 Å². The van der Waals surface area contributed by atoms with E-state index in [1.54, 1.807) is 0 Å². The third kappa shape index (κ3) is 2.08. The van der Waals surface area contributed by atoms with Crippen molar-refractivity contribution in [2.75, 3.05) is 0 Å². The number of benzene rings is 2. The summed E-state index contributed by atoms with van der Waals surface area (Å²) in [4.78, 5) is 12.8. The van der Waals surface area contributed by atoms with Crippen molar-refractivity contribution in [3.05, 3.63) is 81.6 Å². The van der Waals surface area contributed by atoms with Crippen LogP contribution in [0.1, 0.15) is 5.56 Å².